The number of nitrogens with one attached hydrogen (secondary N) is 1. The lowest BCUT2D eigenvalue weighted by Crippen LogP contribution is -2.21. The van der Waals surface area contributed by atoms with Crippen LogP contribution in [0.1, 0.15) is 48.6 Å². The SMILES string of the molecule is CCNC(CCc1ccccc1C)c1cccc(CC)c1. The van der Waals surface area contributed by atoms with Crippen LogP contribution in [0, 0.1) is 6.92 Å². The molecule has 21 heavy (non-hydrogen) atoms. The van der Waals surface area contributed by atoms with Crippen molar-refractivity contribution in [2.24, 2.45) is 0 Å². The standard InChI is InChI=1S/C20H27N/c1-4-17-10-8-12-19(15-17)20(21-5-2)14-13-18-11-7-6-9-16(18)3/h6-12,15,20-21H,4-5,13-14H2,1-3H3. The second-order valence-corrected chi connectivity index (χ2v) is 5.67. The van der Waals surface area contributed by atoms with E-state index < -0.39 is 0 Å². The summed E-state index contributed by atoms with van der Waals surface area (Å²) in [5, 5.41) is 3.64. The summed E-state index contributed by atoms with van der Waals surface area (Å²) in [6.45, 7) is 7.61. The van der Waals surface area contributed by atoms with Crippen LogP contribution in [0.5, 0.6) is 0 Å². The van der Waals surface area contributed by atoms with Crippen molar-refractivity contribution in [3.8, 4) is 0 Å². The van der Waals surface area contributed by atoms with Gasteiger partial charge in [0.25, 0.3) is 0 Å². The Balaban J connectivity index is 2.10. The van der Waals surface area contributed by atoms with Crippen molar-refractivity contribution in [2.45, 2.75) is 46.1 Å². The van der Waals surface area contributed by atoms with Crippen LogP contribution >= 0.6 is 0 Å². The minimum atomic E-state index is 0.445. The fraction of sp³-hybridized carbons (Fsp3) is 0.400. The van der Waals surface area contributed by atoms with E-state index in [1.807, 2.05) is 0 Å². The van der Waals surface area contributed by atoms with Gasteiger partial charge in [-0.3, -0.25) is 0 Å². The minimum Gasteiger partial charge on any atom is -0.310 e. The summed E-state index contributed by atoms with van der Waals surface area (Å²) in [6.07, 6.45) is 3.37. The molecule has 112 valence electrons. The Morgan fingerprint density at radius 1 is 1.00 bits per heavy atom. The van der Waals surface area contributed by atoms with Crippen LogP contribution < -0.4 is 5.32 Å². The lowest BCUT2D eigenvalue weighted by Gasteiger charge is -2.19. The number of hydrogen-bond donors (Lipinski definition) is 1. The van der Waals surface area contributed by atoms with Crippen molar-refractivity contribution in [2.75, 3.05) is 6.54 Å². The molecule has 2 aromatic carbocycles. The molecular weight excluding hydrogens is 254 g/mol. The van der Waals surface area contributed by atoms with E-state index in [1.54, 1.807) is 0 Å². The summed E-state index contributed by atoms with van der Waals surface area (Å²) in [4.78, 5) is 0. The third kappa shape index (κ3) is 4.44. The van der Waals surface area contributed by atoms with Gasteiger partial charge in [0.15, 0.2) is 0 Å². The van der Waals surface area contributed by atoms with Crippen LogP contribution in [0.2, 0.25) is 0 Å². The average Bonchev–Trinajstić information content (AvgIpc) is 2.53. The topological polar surface area (TPSA) is 12.0 Å². The molecule has 0 radical (unpaired) electrons. The van der Waals surface area contributed by atoms with Crippen molar-refractivity contribution >= 4 is 0 Å². The molecular formula is C20H27N. The highest BCUT2D eigenvalue weighted by atomic mass is 14.9. The Kier molecular flexibility index (Phi) is 6.01. The second kappa shape index (κ2) is 7.99. The normalized spacial score (nSPS) is 12.3. The molecule has 0 aliphatic carbocycles. The van der Waals surface area contributed by atoms with Crippen LogP contribution in [0.3, 0.4) is 0 Å². The molecule has 1 N–H and O–H groups in total. The van der Waals surface area contributed by atoms with Gasteiger partial charge in [-0.05, 0) is 55.0 Å². The zero-order valence-corrected chi connectivity index (χ0v) is 13.5. The van der Waals surface area contributed by atoms with E-state index in [1.165, 1.54) is 22.3 Å². The molecule has 0 amide bonds. The van der Waals surface area contributed by atoms with Crippen molar-refractivity contribution < 1.29 is 0 Å². The molecule has 0 spiro atoms. The zero-order valence-electron chi connectivity index (χ0n) is 13.5. The Hall–Kier alpha value is -1.60. The first-order valence-corrected chi connectivity index (χ1v) is 8.11. The summed E-state index contributed by atoms with van der Waals surface area (Å²) < 4.78 is 0. The van der Waals surface area contributed by atoms with Crippen molar-refractivity contribution in [1.82, 2.24) is 5.32 Å². The molecule has 0 saturated heterocycles. The van der Waals surface area contributed by atoms with Gasteiger partial charge in [-0.2, -0.15) is 0 Å². The van der Waals surface area contributed by atoms with Crippen LogP contribution in [-0.2, 0) is 12.8 Å². The second-order valence-electron chi connectivity index (χ2n) is 5.67. The van der Waals surface area contributed by atoms with Gasteiger partial charge in [-0.1, -0.05) is 62.4 Å². The van der Waals surface area contributed by atoms with Crippen LogP contribution in [-0.4, -0.2) is 6.54 Å². The van der Waals surface area contributed by atoms with E-state index in [9.17, 15) is 0 Å². The Bertz CT molecular complexity index is 559. The van der Waals surface area contributed by atoms with Gasteiger partial charge in [-0.15, -0.1) is 0 Å². The van der Waals surface area contributed by atoms with E-state index in [0.717, 1.165) is 25.8 Å². The third-order valence-electron chi connectivity index (χ3n) is 4.18. The molecule has 1 nitrogen and oxygen atoms in total. The van der Waals surface area contributed by atoms with Gasteiger partial charge < -0.3 is 5.32 Å². The van der Waals surface area contributed by atoms with E-state index in [0.29, 0.717) is 6.04 Å². The molecule has 0 saturated carbocycles. The molecule has 0 bridgehead atoms. The highest BCUT2D eigenvalue weighted by Crippen LogP contribution is 2.21. The van der Waals surface area contributed by atoms with Gasteiger partial charge in [0.05, 0.1) is 0 Å². The fourth-order valence-electron chi connectivity index (χ4n) is 2.85. The van der Waals surface area contributed by atoms with Gasteiger partial charge >= 0.3 is 0 Å². The molecule has 0 aliphatic rings. The number of aryl methyl sites for hydroxylation is 3. The minimum absolute atomic E-state index is 0.445. The van der Waals surface area contributed by atoms with Crippen LogP contribution in [0.15, 0.2) is 48.5 Å². The van der Waals surface area contributed by atoms with Gasteiger partial charge in [0, 0.05) is 6.04 Å². The molecule has 1 unspecified atom stereocenters. The molecule has 2 rings (SSSR count). The van der Waals surface area contributed by atoms with Crippen molar-refractivity contribution in [1.29, 1.82) is 0 Å². The Morgan fingerprint density at radius 2 is 1.81 bits per heavy atom. The first kappa shape index (κ1) is 15.8. The maximum atomic E-state index is 3.64. The third-order valence-corrected chi connectivity index (χ3v) is 4.18. The molecule has 2 aromatic rings. The van der Waals surface area contributed by atoms with Crippen molar-refractivity contribution in [3.63, 3.8) is 0 Å². The monoisotopic (exact) mass is 281 g/mol. The number of rotatable bonds is 7. The molecule has 0 aliphatic heterocycles. The Labute approximate surface area is 129 Å². The quantitative estimate of drug-likeness (QED) is 0.765. The first-order chi connectivity index (χ1) is 10.2. The summed E-state index contributed by atoms with van der Waals surface area (Å²) >= 11 is 0. The average molecular weight is 281 g/mol. The predicted molar refractivity (Wildman–Crippen MR) is 91.7 cm³/mol. The molecule has 0 aromatic heterocycles. The summed E-state index contributed by atoms with van der Waals surface area (Å²) in [7, 11) is 0. The van der Waals surface area contributed by atoms with Crippen LogP contribution in [0.25, 0.3) is 0 Å². The lowest BCUT2D eigenvalue weighted by molar-refractivity contribution is 0.514. The van der Waals surface area contributed by atoms with E-state index in [2.05, 4.69) is 74.6 Å². The first-order valence-electron chi connectivity index (χ1n) is 8.11. The zero-order chi connectivity index (χ0) is 15.1. The van der Waals surface area contributed by atoms with E-state index in [-0.39, 0.29) is 0 Å². The maximum absolute atomic E-state index is 3.64. The molecule has 1 heteroatoms. The summed E-state index contributed by atoms with van der Waals surface area (Å²) in [5.41, 5.74) is 5.71. The van der Waals surface area contributed by atoms with Gasteiger partial charge in [0.2, 0.25) is 0 Å². The predicted octanol–water partition coefficient (Wildman–Crippen LogP) is 4.84. The molecule has 0 heterocycles. The molecule has 0 fully saturated rings. The van der Waals surface area contributed by atoms with Crippen LogP contribution in [0.4, 0.5) is 0 Å². The molecule has 1 atom stereocenters. The smallest absolute Gasteiger partial charge is 0.0323 e. The summed E-state index contributed by atoms with van der Waals surface area (Å²) in [6, 6.07) is 18.2. The van der Waals surface area contributed by atoms with Crippen molar-refractivity contribution in [3.05, 3.63) is 70.8 Å². The number of benzene rings is 2. The van der Waals surface area contributed by atoms with Gasteiger partial charge in [0.1, 0.15) is 0 Å². The largest absolute Gasteiger partial charge is 0.310 e. The fourth-order valence-corrected chi connectivity index (χ4v) is 2.85. The van der Waals surface area contributed by atoms with E-state index in [4.69, 9.17) is 0 Å². The van der Waals surface area contributed by atoms with E-state index >= 15 is 0 Å². The maximum Gasteiger partial charge on any atom is 0.0323 e. The van der Waals surface area contributed by atoms with Gasteiger partial charge in [-0.25, -0.2) is 0 Å². The Morgan fingerprint density at radius 3 is 2.52 bits per heavy atom. The highest BCUT2D eigenvalue weighted by molar-refractivity contribution is 5.28. The summed E-state index contributed by atoms with van der Waals surface area (Å²) in [5.74, 6) is 0. The highest BCUT2D eigenvalue weighted by Gasteiger charge is 2.11. The number of hydrogen-bond acceptors (Lipinski definition) is 1. The lowest BCUT2D eigenvalue weighted by atomic mass is 9.95.